The summed E-state index contributed by atoms with van der Waals surface area (Å²) in [5.74, 6) is 0. The van der Waals surface area contributed by atoms with Crippen LogP contribution in [0.15, 0.2) is 0 Å². The summed E-state index contributed by atoms with van der Waals surface area (Å²) in [6, 6.07) is 0.794. The number of nitrogens with one attached hydrogen (secondary N) is 1. The lowest BCUT2D eigenvalue weighted by atomic mass is 9.97. The largest absolute Gasteiger partial charge is 0.315 e. The van der Waals surface area contributed by atoms with E-state index in [1.165, 1.54) is 32.5 Å². The van der Waals surface area contributed by atoms with Gasteiger partial charge < -0.3 is 5.32 Å². The van der Waals surface area contributed by atoms with Gasteiger partial charge in [-0.25, -0.2) is 0 Å². The predicted octanol–water partition coefficient (Wildman–Crippen LogP) is 2.11. The molecule has 0 aromatic heterocycles. The van der Waals surface area contributed by atoms with Crippen molar-refractivity contribution < 1.29 is 0 Å². The highest BCUT2D eigenvalue weighted by molar-refractivity contribution is 4.80. The smallest absolute Gasteiger partial charge is 0.0221 e. The van der Waals surface area contributed by atoms with Crippen molar-refractivity contribution in [2.75, 3.05) is 26.2 Å². The molecule has 0 unspecified atom stereocenters. The summed E-state index contributed by atoms with van der Waals surface area (Å²) in [4.78, 5) is 2.59. The third-order valence-electron chi connectivity index (χ3n) is 2.94. The van der Waals surface area contributed by atoms with Crippen LogP contribution in [0.3, 0.4) is 0 Å². The lowest BCUT2D eigenvalue weighted by Gasteiger charge is -2.25. The first-order valence-corrected chi connectivity index (χ1v) is 5.97. The molecule has 0 aliphatic carbocycles. The van der Waals surface area contributed by atoms with E-state index in [2.05, 4.69) is 37.9 Å². The van der Waals surface area contributed by atoms with Crippen LogP contribution >= 0.6 is 0 Å². The van der Waals surface area contributed by atoms with E-state index in [0.29, 0.717) is 5.41 Å². The molecule has 1 atom stereocenters. The summed E-state index contributed by atoms with van der Waals surface area (Å²) in [6.07, 6.45) is 2.76. The van der Waals surface area contributed by atoms with Crippen LogP contribution in [0.5, 0.6) is 0 Å². The van der Waals surface area contributed by atoms with Gasteiger partial charge in [-0.05, 0) is 31.3 Å². The summed E-state index contributed by atoms with van der Waals surface area (Å²) in [6.45, 7) is 13.9. The van der Waals surface area contributed by atoms with Crippen molar-refractivity contribution in [2.45, 2.75) is 46.6 Å². The molecule has 1 N–H and O–H groups in total. The van der Waals surface area contributed by atoms with Crippen LogP contribution in [-0.4, -0.2) is 37.1 Å². The Morgan fingerprint density at radius 3 is 2.64 bits per heavy atom. The number of likely N-dealkylation sites (tertiary alicyclic amines) is 1. The maximum atomic E-state index is 3.59. The molecule has 2 heteroatoms. The molecule has 0 radical (unpaired) electrons. The molecule has 1 aliphatic rings. The van der Waals surface area contributed by atoms with Crippen LogP contribution in [0.1, 0.15) is 40.5 Å². The van der Waals surface area contributed by atoms with Gasteiger partial charge in [0.25, 0.3) is 0 Å². The quantitative estimate of drug-likeness (QED) is 0.744. The van der Waals surface area contributed by atoms with E-state index >= 15 is 0 Å². The van der Waals surface area contributed by atoms with Crippen molar-refractivity contribution in [3.8, 4) is 0 Å². The molecule has 0 spiro atoms. The Labute approximate surface area is 89.1 Å². The van der Waals surface area contributed by atoms with E-state index in [9.17, 15) is 0 Å². The monoisotopic (exact) mass is 198 g/mol. The van der Waals surface area contributed by atoms with Crippen molar-refractivity contribution in [2.24, 2.45) is 5.41 Å². The van der Waals surface area contributed by atoms with Gasteiger partial charge in [0.05, 0.1) is 0 Å². The van der Waals surface area contributed by atoms with Crippen molar-refractivity contribution in [1.29, 1.82) is 0 Å². The van der Waals surface area contributed by atoms with Gasteiger partial charge in [0.2, 0.25) is 0 Å². The van der Waals surface area contributed by atoms with Crippen LogP contribution in [0.2, 0.25) is 0 Å². The second-order valence-corrected chi connectivity index (χ2v) is 5.62. The molecule has 0 saturated carbocycles. The Bertz CT molecular complexity index is 160. The Balaban J connectivity index is 2.18. The average Bonchev–Trinajstić information content (AvgIpc) is 2.49. The molecule has 1 saturated heterocycles. The van der Waals surface area contributed by atoms with Gasteiger partial charge in [-0.1, -0.05) is 27.7 Å². The first-order valence-electron chi connectivity index (χ1n) is 5.97. The van der Waals surface area contributed by atoms with E-state index in [0.717, 1.165) is 12.6 Å². The Kier molecular flexibility index (Phi) is 4.39. The lowest BCUT2D eigenvalue weighted by Crippen LogP contribution is -2.40. The van der Waals surface area contributed by atoms with E-state index in [4.69, 9.17) is 0 Å². The second-order valence-electron chi connectivity index (χ2n) is 5.62. The molecule has 0 aromatic carbocycles. The molecule has 84 valence electrons. The van der Waals surface area contributed by atoms with Crippen molar-refractivity contribution in [3.63, 3.8) is 0 Å². The zero-order valence-corrected chi connectivity index (χ0v) is 10.3. The van der Waals surface area contributed by atoms with Crippen LogP contribution in [-0.2, 0) is 0 Å². The van der Waals surface area contributed by atoms with Gasteiger partial charge >= 0.3 is 0 Å². The molecule has 1 aliphatic heterocycles. The minimum Gasteiger partial charge on any atom is -0.315 e. The average molecular weight is 198 g/mol. The summed E-state index contributed by atoms with van der Waals surface area (Å²) in [5, 5.41) is 3.59. The first-order chi connectivity index (χ1) is 6.53. The molecule has 1 heterocycles. The van der Waals surface area contributed by atoms with Crippen LogP contribution in [0, 0.1) is 5.41 Å². The highest BCUT2D eigenvalue weighted by atomic mass is 15.2. The summed E-state index contributed by atoms with van der Waals surface area (Å²) in [7, 11) is 0. The highest BCUT2D eigenvalue weighted by Crippen LogP contribution is 2.16. The Morgan fingerprint density at radius 1 is 1.36 bits per heavy atom. The third-order valence-corrected chi connectivity index (χ3v) is 2.94. The van der Waals surface area contributed by atoms with Crippen molar-refractivity contribution >= 4 is 0 Å². The molecule has 0 bridgehead atoms. The topological polar surface area (TPSA) is 15.3 Å². The molecule has 0 amide bonds. The standard InChI is InChI=1S/C12H26N2/c1-5-14-8-6-7-11(14)9-13-10-12(2,3)4/h11,13H,5-10H2,1-4H3/t11-/m0/s1. The van der Waals surface area contributed by atoms with Crippen molar-refractivity contribution in [3.05, 3.63) is 0 Å². The predicted molar refractivity (Wildman–Crippen MR) is 62.6 cm³/mol. The zero-order valence-electron chi connectivity index (χ0n) is 10.3. The van der Waals surface area contributed by atoms with Gasteiger partial charge in [0.15, 0.2) is 0 Å². The maximum Gasteiger partial charge on any atom is 0.0221 e. The van der Waals surface area contributed by atoms with E-state index < -0.39 is 0 Å². The minimum absolute atomic E-state index is 0.412. The highest BCUT2D eigenvalue weighted by Gasteiger charge is 2.22. The molecule has 2 nitrogen and oxygen atoms in total. The fourth-order valence-electron chi connectivity index (χ4n) is 2.16. The third kappa shape index (κ3) is 3.97. The molecule has 14 heavy (non-hydrogen) atoms. The zero-order chi connectivity index (χ0) is 10.6. The van der Waals surface area contributed by atoms with Gasteiger partial charge in [0.1, 0.15) is 0 Å². The Morgan fingerprint density at radius 2 is 2.07 bits per heavy atom. The second kappa shape index (κ2) is 5.13. The number of hydrogen-bond acceptors (Lipinski definition) is 2. The normalized spacial score (nSPS) is 24.4. The number of likely N-dealkylation sites (N-methyl/N-ethyl adjacent to an activating group) is 1. The summed E-state index contributed by atoms with van der Waals surface area (Å²) >= 11 is 0. The van der Waals surface area contributed by atoms with Crippen LogP contribution < -0.4 is 5.32 Å². The number of hydrogen-bond donors (Lipinski definition) is 1. The summed E-state index contributed by atoms with van der Waals surface area (Å²) < 4.78 is 0. The van der Waals surface area contributed by atoms with Gasteiger partial charge in [-0.2, -0.15) is 0 Å². The van der Waals surface area contributed by atoms with E-state index in [1.807, 2.05) is 0 Å². The molecule has 1 fully saturated rings. The number of nitrogens with zero attached hydrogens (tertiary/aromatic N) is 1. The summed E-state index contributed by atoms with van der Waals surface area (Å²) in [5.41, 5.74) is 0.412. The minimum atomic E-state index is 0.412. The number of rotatable bonds is 4. The Hall–Kier alpha value is -0.0800. The fourth-order valence-corrected chi connectivity index (χ4v) is 2.16. The molecule has 0 aromatic rings. The van der Waals surface area contributed by atoms with E-state index in [1.54, 1.807) is 0 Å². The molecular formula is C12H26N2. The van der Waals surface area contributed by atoms with Gasteiger partial charge in [-0.15, -0.1) is 0 Å². The maximum absolute atomic E-state index is 3.59. The van der Waals surface area contributed by atoms with Gasteiger partial charge in [0, 0.05) is 19.1 Å². The first kappa shape index (κ1) is 12.0. The van der Waals surface area contributed by atoms with Crippen LogP contribution in [0.25, 0.3) is 0 Å². The lowest BCUT2D eigenvalue weighted by molar-refractivity contribution is 0.251. The SMILES string of the molecule is CCN1CCC[C@H]1CNCC(C)(C)C. The molecule has 1 rings (SSSR count). The molecular weight excluding hydrogens is 172 g/mol. The van der Waals surface area contributed by atoms with Crippen molar-refractivity contribution in [1.82, 2.24) is 10.2 Å². The van der Waals surface area contributed by atoms with E-state index in [-0.39, 0.29) is 0 Å². The fraction of sp³-hybridized carbons (Fsp3) is 1.00. The van der Waals surface area contributed by atoms with Gasteiger partial charge in [-0.3, -0.25) is 4.90 Å². The van der Waals surface area contributed by atoms with Crippen LogP contribution in [0.4, 0.5) is 0 Å².